The number of benzene rings is 6. The number of aromatic nitrogens is 1. The lowest BCUT2D eigenvalue weighted by molar-refractivity contribution is 1.51. The van der Waals surface area contributed by atoms with E-state index >= 15 is 0 Å². The lowest BCUT2D eigenvalue weighted by atomic mass is 9.90. The molecule has 186 valence electrons. The Hall–Kier alpha value is -3.92. The molecule has 0 aliphatic heterocycles. The first-order chi connectivity index (χ1) is 19.2. The van der Waals surface area contributed by atoms with Gasteiger partial charge >= 0.3 is 0 Å². The zero-order valence-electron chi connectivity index (χ0n) is 21.0. The Morgan fingerprint density at radius 3 is 1.15 bits per heavy atom. The molecule has 7 aromatic rings. The van der Waals surface area contributed by atoms with Crippen LogP contribution in [0.2, 0.25) is 0 Å². The minimum Gasteiger partial charge on any atom is -0.353 e. The second-order valence-electron chi connectivity index (χ2n) is 9.70. The maximum atomic E-state index is 3.94. The second-order valence-corrected chi connectivity index (χ2v) is 11.5. The summed E-state index contributed by atoms with van der Waals surface area (Å²) in [5, 5.41) is 2.48. The highest BCUT2D eigenvalue weighted by molar-refractivity contribution is 9.10. The number of halogens is 2. The van der Waals surface area contributed by atoms with E-state index < -0.39 is 0 Å². The maximum absolute atomic E-state index is 3.94. The van der Waals surface area contributed by atoms with E-state index in [4.69, 9.17) is 0 Å². The van der Waals surface area contributed by atoms with E-state index in [-0.39, 0.29) is 0 Å². The lowest BCUT2D eigenvalue weighted by Gasteiger charge is -2.12. The normalized spacial score (nSPS) is 11.3. The van der Waals surface area contributed by atoms with E-state index in [1.165, 1.54) is 55.3 Å². The summed E-state index contributed by atoms with van der Waals surface area (Å²) in [6, 6.07) is 47.6. The number of aromatic amines is 1. The fraction of sp³-hybridized carbons (Fsp3) is 0. The summed E-state index contributed by atoms with van der Waals surface area (Å²) < 4.78 is 2.13. The first-order valence-corrected chi connectivity index (χ1v) is 14.5. The van der Waals surface area contributed by atoms with E-state index in [1.807, 2.05) is 0 Å². The molecule has 0 fully saturated rings. The Labute approximate surface area is 244 Å². The number of rotatable bonds is 4. The van der Waals surface area contributed by atoms with Gasteiger partial charge in [0.25, 0.3) is 0 Å². The maximum Gasteiger partial charge on any atom is 0.0551 e. The van der Waals surface area contributed by atoms with Gasteiger partial charge in [-0.2, -0.15) is 0 Å². The van der Waals surface area contributed by atoms with Crippen LogP contribution in [0.1, 0.15) is 0 Å². The van der Waals surface area contributed by atoms with Crippen molar-refractivity contribution in [1.29, 1.82) is 0 Å². The molecule has 0 unspecified atom stereocenters. The highest BCUT2D eigenvalue weighted by atomic mass is 79.9. The Kier molecular flexibility index (Phi) is 6.19. The Morgan fingerprint density at radius 1 is 0.359 bits per heavy atom. The van der Waals surface area contributed by atoms with E-state index in [1.54, 1.807) is 0 Å². The monoisotopic (exact) mass is 627 g/mol. The third-order valence-electron chi connectivity index (χ3n) is 7.35. The van der Waals surface area contributed by atoms with Gasteiger partial charge in [-0.15, -0.1) is 0 Å². The van der Waals surface area contributed by atoms with Gasteiger partial charge in [-0.05, 0) is 57.6 Å². The topological polar surface area (TPSA) is 15.8 Å². The molecule has 0 bridgehead atoms. The predicted octanol–water partition coefficient (Wildman–Crippen LogP) is 11.5. The van der Waals surface area contributed by atoms with E-state index in [9.17, 15) is 0 Å². The van der Waals surface area contributed by atoms with Gasteiger partial charge in [0.2, 0.25) is 0 Å². The zero-order chi connectivity index (χ0) is 26.3. The number of nitrogens with one attached hydrogen (secondary N) is 1. The van der Waals surface area contributed by atoms with Gasteiger partial charge in [-0.1, -0.05) is 141 Å². The summed E-state index contributed by atoms with van der Waals surface area (Å²) in [4.78, 5) is 3.94. The summed E-state index contributed by atoms with van der Waals surface area (Å²) >= 11 is 7.37. The molecule has 1 aromatic heterocycles. The molecule has 0 amide bonds. The molecule has 0 aliphatic rings. The largest absolute Gasteiger partial charge is 0.353 e. The molecule has 1 N–H and O–H groups in total. The molecule has 0 radical (unpaired) electrons. The van der Waals surface area contributed by atoms with Crippen molar-refractivity contribution in [2.24, 2.45) is 0 Å². The first kappa shape index (κ1) is 24.1. The number of H-pyrrole nitrogens is 1. The smallest absolute Gasteiger partial charge is 0.0551 e. The Morgan fingerprint density at radius 2 is 0.744 bits per heavy atom. The summed E-state index contributed by atoms with van der Waals surface area (Å²) in [6.45, 7) is 0. The standard InChI is InChI=1S/C36H23Br2N/c37-27-15-7-13-25(21-27)31-19-17-29(23-9-3-1-4-10-23)33-34-30(24-11-5-2-6-12-24)18-20-32(36(34)39-35(31)33)26-14-8-16-28(38)22-26/h1-22,39H. The molecule has 0 atom stereocenters. The van der Waals surface area contributed by atoms with Gasteiger partial charge in [0.1, 0.15) is 0 Å². The van der Waals surface area contributed by atoms with Gasteiger partial charge in [0.05, 0.1) is 11.0 Å². The summed E-state index contributed by atoms with van der Waals surface area (Å²) in [5.41, 5.74) is 11.8. The minimum atomic E-state index is 1.07. The zero-order valence-corrected chi connectivity index (χ0v) is 24.1. The predicted molar refractivity (Wildman–Crippen MR) is 173 cm³/mol. The fourth-order valence-electron chi connectivity index (χ4n) is 5.62. The third kappa shape index (κ3) is 4.32. The van der Waals surface area contributed by atoms with Crippen LogP contribution < -0.4 is 0 Å². The molecule has 0 saturated heterocycles. The molecule has 1 nitrogen and oxygen atoms in total. The molecular formula is C36H23Br2N. The third-order valence-corrected chi connectivity index (χ3v) is 8.34. The quantitative estimate of drug-likeness (QED) is 0.199. The van der Waals surface area contributed by atoms with Crippen molar-refractivity contribution in [2.75, 3.05) is 0 Å². The minimum absolute atomic E-state index is 1.07. The van der Waals surface area contributed by atoms with Crippen LogP contribution in [0.5, 0.6) is 0 Å². The average Bonchev–Trinajstić information content (AvgIpc) is 3.38. The Balaban J connectivity index is 1.68. The van der Waals surface area contributed by atoms with Gasteiger partial charge in [0, 0.05) is 30.8 Å². The van der Waals surface area contributed by atoms with Crippen molar-refractivity contribution < 1.29 is 0 Å². The molecule has 39 heavy (non-hydrogen) atoms. The van der Waals surface area contributed by atoms with Crippen molar-refractivity contribution in [3.63, 3.8) is 0 Å². The molecule has 7 rings (SSSR count). The van der Waals surface area contributed by atoms with Crippen LogP contribution in [0.4, 0.5) is 0 Å². The van der Waals surface area contributed by atoms with Crippen molar-refractivity contribution >= 4 is 53.7 Å². The van der Waals surface area contributed by atoms with Crippen LogP contribution in [-0.4, -0.2) is 4.98 Å². The summed E-state index contributed by atoms with van der Waals surface area (Å²) in [5.74, 6) is 0. The van der Waals surface area contributed by atoms with Crippen molar-refractivity contribution in [1.82, 2.24) is 4.98 Å². The van der Waals surface area contributed by atoms with Crippen molar-refractivity contribution in [2.45, 2.75) is 0 Å². The molecule has 0 aliphatic carbocycles. The molecule has 1 heterocycles. The van der Waals surface area contributed by atoms with Gasteiger partial charge in [-0.25, -0.2) is 0 Å². The molecule has 6 aromatic carbocycles. The lowest BCUT2D eigenvalue weighted by Crippen LogP contribution is -1.86. The van der Waals surface area contributed by atoms with E-state index in [0.29, 0.717) is 0 Å². The van der Waals surface area contributed by atoms with E-state index in [0.717, 1.165) is 20.0 Å². The Bertz CT molecular complexity index is 1830. The van der Waals surface area contributed by atoms with Gasteiger partial charge in [0.15, 0.2) is 0 Å². The average molecular weight is 629 g/mol. The molecule has 0 saturated carbocycles. The van der Waals surface area contributed by atoms with Crippen LogP contribution in [-0.2, 0) is 0 Å². The SMILES string of the molecule is Brc1cccc(-c2ccc(-c3ccccc3)c3c2[nH]c2c(-c4cccc(Br)c4)ccc(-c4ccccc4)c23)c1. The molecular weight excluding hydrogens is 606 g/mol. The molecule has 0 spiro atoms. The number of hydrogen-bond donors (Lipinski definition) is 1. The van der Waals surface area contributed by atoms with Crippen LogP contribution in [0.15, 0.2) is 142 Å². The summed E-state index contributed by atoms with van der Waals surface area (Å²) in [7, 11) is 0. The van der Waals surface area contributed by atoms with Gasteiger partial charge < -0.3 is 4.98 Å². The number of hydrogen-bond acceptors (Lipinski definition) is 0. The van der Waals surface area contributed by atoms with Crippen molar-refractivity contribution in [3.05, 3.63) is 142 Å². The second kappa shape index (κ2) is 10.00. The van der Waals surface area contributed by atoms with Crippen LogP contribution in [0.25, 0.3) is 66.3 Å². The van der Waals surface area contributed by atoms with Crippen molar-refractivity contribution in [3.8, 4) is 44.5 Å². The fourth-order valence-corrected chi connectivity index (χ4v) is 6.42. The number of fused-ring (bicyclic) bond motifs is 3. The van der Waals surface area contributed by atoms with Gasteiger partial charge in [-0.3, -0.25) is 0 Å². The highest BCUT2D eigenvalue weighted by Crippen LogP contribution is 2.46. The van der Waals surface area contributed by atoms with Crippen LogP contribution >= 0.6 is 31.9 Å². The molecule has 3 heteroatoms. The van der Waals surface area contributed by atoms with Crippen LogP contribution in [0, 0.1) is 0 Å². The summed E-state index contributed by atoms with van der Waals surface area (Å²) in [6.07, 6.45) is 0. The highest BCUT2D eigenvalue weighted by Gasteiger charge is 2.20. The first-order valence-electron chi connectivity index (χ1n) is 12.9. The van der Waals surface area contributed by atoms with Crippen LogP contribution in [0.3, 0.4) is 0 Å². The van der Waals surface area contributed by atoms with E-state index in [2.05, 4.69) is 170 Å².